The van der Waals surface area contributed by atoms with Crippen LogP contribution in [0.4, 0.5) is 10.8 Å². The molecule has 2 heterocycles. The molecule has 2 aromatic rings. The average Bonchev–Trinajstić information content (AvgIpc) is 3.37. The first-order valence-corrected chi connectivity index (χ1v) is 11.6. The summed E-state index contributed by atoms with van der Waals surface area (Å²) in [4.78, 5) is 12.3. The first-order chi connectivity index (χ1) is 13.6. The number of hydrogen-bond acceptors (Lipinski definition) is 7. The maximum absolute atomic E-state index is 12.3. The van der Waals surface area contributed by atoms with E-state index in [0.29, 0.717) is 6.54 Å². The van der Waals surface area contributed by atoms with Crippen molar-refractivity contribution in [2.45, 2.75) is 61.6 Å². The molecule has 0 bridgehead atoms. The summed E-state index contributed by atoms with van der Waals surface area (Å²) in [7, 11) is 0. The Balaban J connectivity index is 1.45. The third-order valence-electron chi connectivity index (χ3n) is 4.61. The third-order valence-corrected chi connectivity index (χ3v) is 6.63. The number of aromatic nitrogens is 2. The molecule has 2 unspecified atom stereocenters. The van der Waals surface area contributed by atoms with Crippen molar-refractivity contribution in [3.05, 3.63) is 29.8 Å². The SMILES string of the molecule is CCCCc1ccc(Nc2nnc(SC(C)C(=O)NCC3CCCO3)s2)cc1. The summed E-state index contributed by atoms with van der Waals surface area (Å²) in [6.07, 6.45) is 5.79. The lowest BCUT2D eigenvalue weighted by molar-refractivity contribution is -0.120. The smallest absolute Gasteiger partial charge is 0.233 e. The van der Waals surface area contributed by atoms with E-state index in [2.05, 4.69) is 52.0 Å². The van der Waals surface area contributed by atoms with Crippen molar-refractivity contribution in [3.63, 3.8) is 0 Å². The highest BCUT2D eigenvalue weighted by Gasteiger charge is 2.20. The van der Waals surface area contributed by atoms with Crippen LogP contribution in [0.1, 0.15) is 45.1 Å². The maximum Gasteiger partial charge on any atom is 0.233 e. The van der Waals surface area contributed by atoms with Gasteiger partial charge in [0.2, 0.25) is 11.0 Å². The largest absolute Gasteiger partial charge is 0.376 e. The van der Waals surface area contributed by atoms with Crippen molar-refractivity contribution in [1.29, 1.82) is 0 Å². The van der Waals surface area contributed by atoms with E-state index in [-0.39, 0.29) is 17.3 Å². The fraction of sp³-hybridized carbons (Fsp3) is 0.550. The predicted molar refractivity (Wildman–Crippen MR) is 116 cm³/mol. The quantitative estimate of drug-likeness (QED) is 0.555. The first kappa shape index (κ1) is 21.1. The fourth-order valence-corrected chi connectivity index (χ4v) is 4.88. The van der Waals surface area contributed by atoms with Crippen molar-refractivity contribution in [1.82, 2.24) is 15.5 Å². The number of nitrogens with zero attached hydrogens (tertiary/aromatic N) is 2. The van der Waals surface area contributed by atoms with E-state index < -0.39 is 0 Å². The molecule has 1 saturated heterocycles. The summed E-state index contributed by atoms with van der Waals surface area (Å²) in [6, 6.07) is 8.44. The van der Waals surface area contributed by atoms with Crippen LogP contribution in [-0.4, -0.2) is 40.6 Å². The molecule has 0 radical (unpaired) electrons. The molecule has 28 heavy (non-hydrogen) atoms. The molecule has 0 spiro atoms. The summed E-state index contributed by atoms with van der Waals surface area (Å²) in [5.41, 5.74) is 2.35. The van der Waals surface area contributed by atoms with Gasteiger partial charge in [0.25, 0.3) is 0 Å². The Morgan fingerprint density at radius 1 is 1.36 bits per heavy atom. The lowest BCUT2D eigenvalue weighted by atomic mass is 10.1. The van der Waals surface area contributed by atoms with Crippen LogP contribution in [0.3, 0.4) is 0 Å². The highest BCUT2D eigenvalue weighted by molar-refractivity contribution is 8.02. The summed E-state index contributed by atoms with van der Waals surface area (Å²) in [5, 5.41) is 15.1. The van der Waals surface area contributed by atoms with E-state index in [1.165, 1.54) is 41.5 Å². The van der Waals surface area contributed by atoms with Gasteiger partial charge in [-0.25, -0.2) is 0 Å². The zero-order chi connectivity index (χ0) is 19.8. The monoisotopic (exact) mass is 420 g/mol. The number of unbranched alkanes of at least 4 members (excludes halogenated alkanes) is 1. The fourth-order valence-electron chi connectivity index (χ4n) is 2.94. The number of anilines is 2. The number of carbonyl (C=O) groups excluding carboxylic acids is 1. The summed E-state index contributed by atoms with van der Waals surface area (Å²) in [5.74, 6) is 0.00729. The number of benzene rings is 1. The van der Waals surface area contributed by atoms with Crippen molar-refractivity contribution in [2.24, 2.45) is 0 Å². The van der Waals surface area contributed by atoms with Crippen molar-refractivity contribution in [2.75, 3.05) is 18.5 Å². The van der Waals surface area contributed by atoms with Gasteiger partial charge in [0.15, 0.2) is 4.34 Å². The van der Waals surface area contributed by atoms with Gasteiger partial charge < -0.3 is 15.4 Å². The number of nitrogens with one attached hydrogen (secondary N) is 2. The summed E-state index contributed by atoms with van der Waals surface area (Å²) in [6.45, 7) is 5.47. The number of carbonyl (C=O) groups is 1. The van der Waals surface area contributed by atoms with Crippen LogP contribution in [0.25, 0.3) is 0 Å². The Labute approximate surface area is 174 Å². The molecule has 1 fully saturated rings. The molecule has 0 aliphatic carbocycles. The standard InChI is InChI=1S/C20H28N4O2S2/c1-3-4-6-15-8-10-16(11-9-15)22-19-23-24-20(28-19)27-14(2)18(25)21-13-17-7-5-12-26-17/h8-11,14,17H,3-7,12-13H2,1-2H3,(H,21,25)(H,22,23). The number of hydrogen-bond donors (Lipinski definition) is 2. The molecule has 3 rings (SSSR count). The number of ether oxygens (including phenoxy) is 1. The van der Waals surface area contributed by atoms with Crippen LogP contribution >= 0.6 is 23.1 Å². The molecule has 0 saturated carbocycles. The first-order valence-electron chi connectivity index (χ1n) is 9.89. The van der Waals surface area contributed by atoms with Crippen LogP contribution in [0, 0.1) is 0 Å². The molecule has 6 nitrogen and oxygen atoms in total. The second-order valence-corrected chi connectivity index (χ2v) is 9.50. The summed E-state index contributed by atoms with van der Waals surface area (Å²) >= 11 is 2.89. The molecule has 8 heteroatoms. The van der Waals surface area contributed by atoms with Crippen molar-refractivity contribution >= 4 is 39.8 Å². The highest BCUT2D eigenvalue weighted by atomic mass is 32.2. The van der Waals surface area contributed by atoms with Gasteiger partial charge in [0.1, 0.15) is 0 Å². The van der Waals surface area contributed by atoms with Crippen molar-refractivity contribution in [3.8, 4) is 0 Å². The van der Waals surface area contributed by atoms with E-state index in [0.717, 1.165) is 41.0 Å². The number of thioether (sulfide) groups is 1. The minimum atomic E-state index is -0.222. The van der Waals surface area contributed by atoms with Crippen LogP contribution in [0.15, 0.2) is 28.6 Å². The topological polar surface area (TPSA) is 76.1 Å². The van der Waals surface area contributed by atoms with E-state index in [9.17, 15) is 4.79 Å². The molecule has 1 aromatic heterocycles. The number of aryl methyl sites for hydroxylation is 1. The van der Waals surface area contributed by atoms with E-state index in [4.69, 9.17) is 4.74 Å². The van der Waals surface area contributed by atoms with Gasteiger partial charge in [-0.1, -0.05) is 48.6 Å². The summed E-state index contributed by atoms with van der Waals surface area (Å²) < 4.78 is 6.32. The normalized spacial score (nSPS) is 17.4. The third kappa shape index (κ3) is 6.46. The molecule has 1 aliphatic heterocycles. The Morgan fingerprint density at radius 2 is 2.18 bits per heavy atom. The zero-order valence-corrected chi connectivity index (χ0v) is 18.1. The molecule has 1 amide bonds. The second-order valence-electron chi connectivity index (χ2n) is 6.94. The molecular weight excluding hydrogens is 392 g/mol. The molecular formula is C20H28N4O2S2. The van der Waals surface area contributed by atoms with Gasteiger partial charge in [0, 0.05) is 18.8 Å². The van der Waals surface area contributed by atoms with E-state index in [1.807, 2.05) is 6.92 Å². The lowest BCUT2D eigenvalue weighted by Crippen LogP contribution is -2.36. The minimum Gasteiger partial charge on any atom is -0.376 e. The van der Waals surface area contributed by atoms with Gasteiger partial charge in [-0.2, -0.15) is 0 Å². The predicted octanol–water partition coefficient (Wildman–Crippen LogP) is 4.40. The van der Waals surface area contributed by atoms with E-state index in [1.54, 1.807) is 0 Å². The van der Waals surface area contributed by atoms with Crippen LogP contribution < -0.4 is 10.6 Å². The Bertz CT molecular complexity index is 745. The number of amides is 1. The van der Waals surface area contributed by atoms with Crippen LogP contribution in [0.2, 0.25) is 0 Å². The maximum atomic E-state index is 12.3. The Hall–Kier alpha value is -1.64. The highest BCUT2D eigenvalue weighted by Crippen LogP contribution is 2.30. The van der Waals surface area contributed by atoms with Gasteiger partial charge in [-0.3, -0.25) is 4.79 Å². The zero-order valence-electron chi connectivity index (χ0n) is 16.4. The molecule has 152 valence electrons. The molecule has 2 atom stereocenters. The average molecular weight is 421 g/mol. The van der Waals surface area contributed by atoms with Gasteiger partial charge in [-0.05, 0) is 50.3 Å². The van der Waals surface area contributed by atoms with Gasteiger partial charge in [-0.15, -0.1) is 10.2 Å². The van der Waals surface area contributed by atoms with Crippen LogP contribution in [0.5, 0.6) is 0 Å². The van der Waals surface area contributed by atoms with Crippen LogP contribution in [-0.2, 0) is 16.0 Å². The molecule has 1 aliphatic rings. The second kappa shape index (κ2) is 10.8. The Kier molecular flexibility index (Phi) is 8.12. The van der Waals surface area contributed by atoms with Gasteiger partial charge in [0.05, 0.1) is 11.4 Å². The minimum absolute atomic E-state index is 0.00729. The molecule has 1 aromatic carbocycles. The molecule has 2 N–H and O–H groups in total. The Morgan fingerprint density at radius 3 is 2.89 bits per heavy atom. The lowest BCUT2D eigenvalue weighted by Gasteiger charge is -2.13. The van der Waals surface area contributed by atoms with Gasteiger partial charge >= 0.3 is 0 Å². The van der Waals surface area contributed by atoms with E-state index >= 15 is 0 Å². The number of rotatable bonds is 10. The van der Waals surface area contributed by atoms with Crippen molar-refractivity contribution < 1.29 is 9.53 Å².